The van der Waals surface area contributed by atoms with Crippen LogP contribution in [0.25, 0.3) is 0 Å². The summed E-state index contributed by atoms with van der Waals surface area (Å²) in [7, 11) is 4.51. The van der Waals surface area contributed by atoms with Crippen LogP contribution >= 0.6 is 0 Å². The topological polar surface area (TPSA) is 79.0 Å². The van der Waals surface area contributed by atoms with E-state index < -0.39 is 0 Å². The van der Waals surface area contributed by atoms with Gasteiger partial charge < -0.3 is 19.4 Å². The Balaban J connectivity index is 0.857. The number of imide groups is 1. The molecule has 0 bridgehead atoms. The van der Waals surface area contributed by atoms with Gasteiger partial charge in [-0.3, -0.25) is 14.5 Å². The minimum absolute atomic E-state index is 0.0346. The number of fused-ring (bicyclic) bond motifs is 1. The summed E-state index contributed by atoms with van der Waals surface area (Å²) in [5.74, 6) is -0.303. The molecule has 0 saturated carbocycles. The van der Waals surface area contributed by atoms with E-state index >= 15 is 0 Å². The van der Waals surface area contributed by atoms with E-state index in [4.69, 9.17) is 4.74 Å². The lowest BCUT2D eigenvalue weighted by molar-refractivity contribution is -0.890. The second-order valence-corrected chi connectivity index (χ2v) is 14.7. The lowest BCUT2D eigenvalue weighted by Crippen LogP contribution is -2.43. The highest BCUT2D eigenvalue weighted by atomic mass is 16.6. The molecule has 0 radical (unpaired) electrons. The molecule has 2 heterocycles. The molecule has 5 rings (SSSR count). The number of carbonyl (C=O) groups excluding carboxylic acids is 3. The Labute approximate surface area is 299 Å². The van der Waals surface area contributed by atoms with Crippen LogP contribution in [0.3, 0.4) is 0 Å². The second-order valence-electron chi connectivity index (χ2n) is 14.7. The maximum Gasteiger partial charge on any atom is 0.408 e. The van der Waals surface area contributed by atoms with Crippen molar-refractivity contribution in [2.75, 3.05) is 53.4 Å². The molecule has 1 fully saturated rings. The fourth-order valence-corrected chi connectivity index (χ4v) is 7.35. The zero-order chi connectivity index (χ0) is 35.2. The lowest BCUT2D eigenvalue weighted by atomic mass is 9.99. The van der Waals surface area contributed by atoms with Crippen molar-refractivity contribution in [3.63, 3.8) is 0 Å². The smallest absolute Gasteiger partial charge is 0.408 e. The number of unbranched alkanes of at least 4 members (excludes halogenated alkanes) is 7. The summed E-state index contributed by atoms with van der Waals surface area (Å²) in [6, 6.07) is 27.0. The number of likely N-dealkylation sites (tertiary alicyclic amines) is 1. The fraction of sp³-hybridized carbons (Fsp3) is 0.500. The van der Waals surface area contributed by atoms with Gasteiger partial charge in [0.15, 0.2) is 0 Å². The van der Waals surface area contributed by atoms with Gasteiger partial charge in [0, 0.05) is 26.1 Å². The van der Waals surface area contributed by atoms with Crippen LogP contribution in [0.4, 0.5) is 4.79 Å². The first-order chi connectivity index (χ1) is 24.3. The van der Waals surface area contributed by atoms with Crippen LogP contribution in [0.1, 0.15) is 109 Å². The van der Waals surface area contributed by atoms with Crippen LogP contribution in [-0.2, 0) is 4.74 Å². The summed E-state index contributed by atoms with van der Waals surface area (Å²) in [6.07, 6.45) is 12.4. The molecule has 0 aliphatic carbocycles. The van der Waals surface area contributed by atoms with E-state index in [9.17, 15) is 14.4 Å². The van der Waals surface area contributed by atoms with Gasteiger partial charge in [-0.15, -0.1) is 0 Å². The summed E-state index contributed by atoms with van der Waals surface area (Å²) in [5.41, 5.74) is 3.15. The van der Waals surface area contributed by atoms with Crippen LogP contribution in [-0.4, -0.2) is 91.7 Å². The first kappa shape index (κ1) is 37.3. The number of piperidine rings is 1. The quantitative estimate of drug-likeness (QED) is 0.0793. The number of quaternary nitrogens is 1. The number of ether oxygens (including phenoxy) is 1. The zero-order valence-electron chi connectivity index (χ0n) is 30.2. The van der Waals surface area contributed by atoms with Crippen molar-refractivity contribution in [2.24, 2.45) is 0 Å². The third-order valence-electron chi connectivity index (χ3n) is 10.3. The molecule has 3 aromatic rings. The molecule has 0 unspecified atom stereocenters. The highest BCUT2D eigenvalue weighted by Crippen LogP contribution is 2.24. The van der Waals surface area contributed by atoms with E-state index in [0.29, 0.717) is 17.7 Å². The monoisotopic (exact) mass is 681 g/mol. The summed E-state index contributed by atoms with van der Waals surface area (Å²) >= 11 is 0. The van der Waals surface area contributed by atoms with Gasteiger partial charge in [-0.1, -0.05) is 105 Å². The molecule has 8 nitrogen and oxygen atoms in total. The van der Waals surface area contributed by atoms with E-state index in [1.807, 2.05) is 72.8 Å². The minimum Gasteiger partial charge on any atom is -0.446 e. The molecule has 1 saturated heterocycles. The Kier molecular flexibility index (Phi) is 14.0. The Morgan fingerprint density at radius 3 is 1.72 bits per heavy atom. The van der Waals surface area contributed by atoms with Crippen LogP contribution in [0, 0.1) is 0 Å². The molecule has 2 aliphatic heterocycles. The van der Waals surface area contributed by atoms with Gasteiger partial charge in [-0.25, -0.2) is 4.79 Å². The summed E-state index contributed by atoms with van der Waals surface area (Å²) in [6.45, 7) is 5.66. The molecular weight excluding hydrogens is 624 g/mol. The van der Waals surface area contributed by atoms with Gasteiger partial charge in [0.25, 0.3) is 11.8 Å². The van der Waals surface area contributed by atoms with Gasteiger partial charge >= 0.3 is 6.09 Å². The summed E-state index contributed by atoms with van der Waals surface area (Å²) < 4.78 is 6.80. The number of alkyl carbamates (subject to hydrolysis) is 1. The van der Waals surface area contributed by atoms with Crippen LogP contribution in [0.15, 0.2) is 84.9 Å². The van der Waals surface area contributed by atoms with Crippen molar-refractivity contribution in [1.82, 2.24) is 15.1 Å². The Morgan fingerprint density at radius 1 is 0.680 bits per heavy atom. The molecular formula is C42H57N4O4+. The van der Waals surface area contributed by atoms with Crippen molar-refractivity contribution in [2.45, 2.75) is 82.8 Å². The SMILES string of the molecule is C[N+](C)(CCCCCCCCCCN1CCC(OC(=O)NC(c2ccccc2)c2ccccc2)CC1)CCCN1C(=O)c2ccccc2C1=O. The maximum absolute atomic E-state index is 12.9. The predicted molar refractivity (Wildman–Crippen MR) is 199 cm³/mol. The van der Waals surface area contributed by atoms with E-state index in [-0.39, 0.29) is 30.1 Å². The van der Waals surface area contributed by atoms with Gasteiger partial charge in [-0.2, -0.15) is 0 Å². The second kappa shape index (κ2) is 18.8. The number of hydrogen-bond acceptors (Lipinski definition) is 5. The molecule has 0 atom stereocenters. The van der Waals surface area contributed by atoms with Crippen LogP contribution < -0.4 is 5.32 Å². The zero-order valence-corrected chi connectivity index (χ0v) is 30.2. The molecule has 1 N–H and O–H groups in total. The standard InChI is InChI=1S/C42H56N4O4/c1-46(2,33-19-29-45-40(47)37-24-15-16-25-38(37)41(45)48)32-18-8-6-4-3-5-7-17-28-44-30-26-36(27-31-44)50-42(49)43-39(34-20-11-9-12-21-34)35-22-13-10-14-23-35/h9-16,20-25,36,39H,3-8,17-19,26-33H2,1-2H3/p+1. The van der Waals surface area contributed by atoms with Crippen molar-refractivity contribution in [1.29, 1.82) is 0 Å². The van der Waals surface area contributed by atoms with Crippen molar-refractivity contribution in [3.05, 3.63) is 107 Å². The summed E-state index contributed by atoms with van der Waals surface area (Å²) in [4.78, 5) is 42.1. The molecule has 268 valence electrons. The normalized spacial score (nSPS) is 15.5. The van der Waals surface area contributed by atoms with Gasteiger partial charge in [0.05, 0.1) is 44.4 Å². The molecule has 0 aromatic heterocycles. The number of nitrogens with zero attached hydrogens (tertiary/aromatic N) is 3. The Morgan fingerprint density at radius 2 is 1.16 bits per heavy atom. The van der Waals surface area contributed by atoms with E-state index in [2.05, 4.69) is 24.3 Å². The largest absolute Gasteiger partial charge is 0.446 e. The van der Waals surface area contributed by atoms with Crippen molar-refractivity contribution >= 4 is 17.9 Å². The summed E-state index contributed by atoms with van der Waals surface area (Å²) in [5, 5.41) is 3.11. The highest BCUT2D eigenvalue weighted by molar-refractivity contribution is 6.21. The average Bonchev–Trinajstić information content (AvgIpc) is 3.37. The lowest BCUT2D eigenvalue weighted by Gasteiger charge is -2.32. The van der Waals surface area contributed by atoms with Crippen molar-refractivity contribution < 1.29 is 23.6 Å². The maximum atomic E-state index is 12.9. The molecule has 3 aromatic carbocycles. The number of amides is 3. The third kappa shape index (κ3) is 11.0. The van der Waals surface area contributed by atoms with Gasteiger partial charge in [-0.05, 0) is 61.9 Å². The third-order valence-corrected chi connectivity index (χ3v) is 10.3. The molecule has 3 amide bonds. The van der Waals surface area contributed by atoms with Gasteiger partial charge in [0.1, 0.15) is 6.10 Å². The first-order valence-electron chi connectivity index (χ1n) is 18.9. The Hall–Kier alpha value is -4.01. The first-order valence-corrected chi connectivity index (χ1v) is 18.9. The van der Waals surface area contributed by atoms with Crippen molar-refractivity contribution in [3.8, 4) is 0 Å². The number of rotatable bonds is 19. The van der Waals surface area contributed by atoms with Crippen LogP contribution in [0.2, 0.25) is 0 Å². The van der Waals surface area contributed by atoms with E-state index in [1.165, 1.54) is 56.3 Å². The molecule has 50 heavy (non-hydrogen) atoms. The molecule has 0 spiro atoms. The minimum atomic E-state index is -0.346. The molecule has 2 aliphatic rings. The fourth-order valence-electron chi connectivity index (χ4n) is 7.35. The number of hydrogen-bond donors (Lipinski definition) is 1. The number of nitrogens with one attached hydrogen (secondary N) is 1. The highest BCUT2D eigenvalue weighted by Gasteiger charge is 2.35. The van der Waals surface area contributed by atoms with E-state index in [1.54, 1.807) is 12.1 Å². The predicted octanol–water partition coefficient (Wildman–Crippen LogP) is 7.85. The number of benzene rings is 3. The average molecular weight is 682 g/mol. The van der Waals surface area contributed by atoms with Gasteiger partial charge in [0.2, 0.25) is 0 Å². The van der Waals surface area contributed by atoms with E-state index in [0.717, 1.165) is 67.6 Å². The van der Waals surface area contributed by atoms with Crippen LogP contribution in [0.5, 0.6) is 0 Å². The Bertz CT molecular complexity index is 1430. The molecule has 8 heteroatoms. The number of carbonyl (C=O) groups is 3.